The predicted octanol–water partition coefficient (Wildman–Crippen LogP) is 2.15. The molecule has 0 unspecified atom stereocenters. The summed E-state index contributed by atoms with van der Waals surface area (Å²) in [4.78, 5) is 3.34. The van der Waals surface area contributed by atoms with Crippen LogP contribution in [0.3, 0.4) is 0 Å². The molecule has 0 radical (unpaired) electrons. The molecule has 0 aliphatic heterocycles. The summed E-state index contributed by atoms with van der Waals surface area (Å²) in [6.07, 6.45) is 1.40. The SMILES string of the molecule is Fc1cc(Br)ccn1.N. The van der Waals surface area contributed by atoms with Gasteiger partial charge in [0.05, 0.1) is 0 Å². The molecule has 1 aromatic heterocycles. The third kappa shape index (κ3) is 2.53. The monoisotopic (exact) mass is 192 g/mol. The highest BCUT2D eigenvalue weighted by atomic mass is 79.9. The van der Waals surface area contributed by atoms with Gasteiger partial charge in [0.25, 0.3) is 0 Å². The Morgan fingerprint density at radius 1 is 1.56 bits per heavy atom. The van der Waals surface area contributed by atoms with E-state index in [4.69, 9.17) is 0 Å². The molecule has 0 bridgehead atoms. The second-order valence-electron chi connectivity index (χ2n) is 1.30. The molecule has 3 N–H and O–H groups in total. The zero-order valence-electron chi connectivity index (χ0n) is 4.64. The Hall–Kier alpha value is -0.480. The molecule has 1 rings (SSSR count). The quantitative estimate of drug-likeness (QED) is 0.641. The number of hydrogen-bond donors (Lipinski definition) is 1. The van der Waals surface area contributed by atoms with E-state index in [9.17, 15) is 4.39 Å². The molecule has 2 nitrogen and oxygen atoms in total. The van der Waals surface area contributed by atoms with Crippen LogP contribution in [0.2, 0.25) is 0 Å². The van der Waals surface area contributed by atoms with Gasteiger partial charge in [-0.2, -0.15) is 4.39 Å². The van der Waals surface area contributed by atoms with Crippen molar-refractivity contribution < 1.29 is 4.39 Å². The highest BCUT2D eigenvalue weighted by Gasteiger charge is 1.87. The summed E-state index contributed by atoms with van der Waals surface area (Å²) in [6.45, 7) is 0. The number of halogens is 2. The van der Waals surface area contributed by atoms with Gasteiger partial charge in [0.2, 0.25) is 5.95 Å². The first-order chi connectivity index (χ1) is 3.79. The lowest BCUT2D eigenvalue weighted by Gasteiger charge is -1.85. The van der Waals surface area contributed by atoms with Crippen LogP contribution in [-0.2, 0) is 0 Å². The number of nitrogens with zero attached hydrogens (tertiary/aromatic N) is 1. The first-order valence-electron chi connectivity index (χ1n) is 2.06. The Bertz CT molecular complexity index is 175. The van der Waals surface area contributed by atoms with Crippen LogP contribution in [0, 0.1) is 5.95 Å². The van der Waals surface area contributed by atoms with E-state index in [2.05, 4.69) is 20.9 Å². The summed E-state index contributed by atoms with van der Waals surface area (Å²) < 4.78 is 12.7. The second-order valence-corrected chi connectivity index (χ2v) is 2.21. The van der Waals surface area contributed by atoms with Crippen LogP contribution < -0.4 is 6.15 Å². The average molecular weight is 193 g/mol. The van der Waals surface area contributed by atoms with E-state index in [1.54, 1.807) is 6.07 Å². The van der Waals surface area contributed by atoms with Crippen molar-refractivity contribution in [3.63, 3.8) is 0 Å². The summed E-state index contributed by atoms with van der Waals surface area (Å²) in [5.41, 5.74) is 0. The predicted molar refractivity (Wildman–Crippen MR) is 36.9 cm³/mol. The molecule has 50 valence electrons. The molecule has 0 aliphatic rings. The minimum atomic E-state index is -0.459. The fourth-order valence-corrected chi connectivity index (χ4v) is 0.686. The van der Waals surface area contributed by atoms with E-state index >= 15 is 0 Å². The zero-order chi connectivity index (χ0) is 5.98. The molecule has 0 amide bonds. The third-order valence-electron chi connectivity index (χ3n) is 0.689. The summed E-state index contributed by atoms with van der Waals surface area (Å²) in [5, 5.41) is 0. The number of aromatic nitrogens is 1. The highest BCUT2D eigenvalue weighted by molar-refractivity contribution is 9.10. The number of pyridine rings is 1. The normalized spacial score (nSPS) is 8.22. The topological polar surface area (TPSA) is 47.9 Å². The maximum Gasteiger partial charge on any atom is 0.213 e. The largest absolute Gasteiger partial charge is 0.344 e. The van der Waals surface area contributed by atoms with Crippen molar-refractivity contribution in [2.75, 3.05) is 0 Å². The first-order valence-corrected chi connectivity index (χ1v) is 2.85. The summed E-state index contributed by atoms with van der Waals surface area (Å²) >= 11 is 3.08. The summed E-state index contributed by atoms with van der Waals surface area (Å²) in [7, 11) is 0. The van der Waals surface area contributed by atoms with E-state index in [-0.39, 0.29) is 6.15 Å². The van der Waals surface area contributed by atoms with Crippen molar-refractivity contribution in [1.82, 2.24) is 11.1 Å². The van der Waals surface area contributed by atoms with Gasteiger partial charge in [0, 0.05) is 16.7 Å². The number of hydrogen-bond acceptors (Lipinski definition) is 2. The van der Waals surface area contributed by atoms with E-state index in [1.807, 2.05) is 0 Å². The lowest BCUT2D eigenvalue weighted by atomic mass is 10.5. The molecule has 0 aliphatic carbocycles. The van der Waals surface area contributed by atoms with Gasteiger partial charge in [-0.1, -0.05) is 15.9 Å². The smallest absolute Gasteiger partial charge is 0.213 e. The molecule has 9 heavy (non-hydrogen) atoms. The van der Waals surface area contributed by atoms with Gasteiger partial charge < -0.3 is 6.15 Å². The fraction of sp³-hybridized carbons (Fsp3) is 0. The van der Waals surface area contributed by atoms with Gasteiger partial charge in [-0.3, -0.25) is 0 Å². The van der Waals surface area contributed by atoms with Crippen molar-refractivity contribution in [2.24, 2.45) is 0 Å². The van der Waals surface area contributed by atoms with Gasteiger partial charge in [-0.05, 0) is 6.07 Å². The van der Waals surface area contributed by atoms with Gasteiger partial charge in [0.15, 0.2) is 0 Å². The molecule has 4 heteroatoms. The van der Waals surface area contributed by atoms with E-state index in [0.717, 1.165) is 0 Å². The van der Waals surface area contributed by atoms with Crippen LogP contribution in [0.1, 0.15) is 0 Å². The molecular weight excluding hydrogens is 187 g/mol. The van der Waals surface area contributed by atoms with E-state index in [0.29, 0.717) is 4.47 Å². The molecule has 1 heterocycles. The van der Waals surface area contributed by atoms with Crippen molar-refractivity contribution >= 4 is 15.9 Å². The fourth-order valence-electron chi connectivity index (χ4n) is 0.379. The van der Waals surface area contributed by atoms with Crippen molar-refractivity contribution in [2.45, 2.75) is 0 Å². The second kappa shape index (κ2) is 3.53. The standard InChI is InChI=1S/C5H3BrFN.H3N/c6-4-1-2-8-5(7)3-4;/h1-3H;1H3. The molecule has 0 atom stereocenters. The van der Waals surface area contributed by atoms with Crippen molar-refractivity contribution in [3.05, 3.63) is 28.7 Å². The lowest BCUT2D eigenvalue weighted by Crippen LogP contribution is -1.76. The van der Waals surface area contributed by atoms with Crippen LogP contribution in [0.5, 0.6) is 0 Å². The maximum atomic E-state index is 12.0. The van der Waals surface area contributed by atoms with E-state index < -0.39 is 5.95 Å². The lowest BCUT2D eigenvalue weighted by molar-refractivity contribution is 0.583. The highest BCUT2D eigenvalue weighted by Crippen LogP contribution is 2.06. The molecule has 0 aromatic carbocycles. The van der Waals surface area contributed by atoms with Crippen LogP contribution in [0.4, 0.5) is 4.39 Å². The van der Waals surface area contributed by atoms with Crippen LogP contribution in [0.15, 0.2) is 22.8 Å². The summed E-state index contributed by atoms with van der Waals surface area (Å²) in [5.74, 6) is -0.459. The minimum Gasteiger partial charge on any atom is -0.344 e. The molecule has 0 saturated heterocycles. The Kier molecular flexibility index (Phi) is 3.34. The Morgan fingerprint density at radius 3 is 2.56 bits per heavy atom. The molecule has 1 aromatic rings. The number of rotatable bonds is 0. The third-order valence-corrected chi connectivity index (χ3v) is 1.18. The van der Waals surface area contributed by atoms with Gasteiger partial charge >= 0.3 is 0 Å². The molecule has 0 fully saturated rings. The van der Waals surface area contributed by atoms with Gasteiger partial charge in [-0.25, -0.2) is 4.98 Å². The first kappa shape index (κ1) is 8.52. The van der Waals surface area contributed by atoms with Gasteiger partial charge in [-0.15, -0.1) is 0 Å². The van der Waals surface area contributed by atoms with Crippen LogP contribution in [0.25, 0.3) is 0 Å². The summed E-state index contributed by atoms with van der Waals surface area (Å²) in [6, 6.07) is 2.98. The van der Waals surface area contributed by atoms with Crippen molar-refractivity contribution in [1.29, 1.82) is 0 Å². The van der Waals surface area contributed by atoms with Crippen LogP contribution >= 0.6 is 15.9 Å². The Morgan fingerprint density at radius 2 is 2.22 bits per heavy atom. The molecule has 0 spiro atoms. The Labute approximate surface area is 60.8 Å². The minimum absolute atomic E-state index is 0. The molecule has 0 saturated carbocycles. The molecular formula is C5H6BrFN2. The Balaban J connectivity index is 0.000000640. The van der Waals surface area contributed by atoms with Gasteiger partial charge in [0.1, 0.15) is 0 Å². The zero-order valence-corrected chi connectivity index (χ0v) is 6.23. The average Bonchev–Trinajstić information content (AvgIpc) is 1.64. The van der Waals surface area contributed by atoms with E-state index in [1.165, 1.54) is 12.3 Å². The maximum absolute atomic E-state index is 12.0. The van der Waals surface area contributed by atoms with Crippen LogP contribution in [-0.4, -0.2) is 4.98 Å². The van der Waals surface area contributed by atoms with Crippen molar-refractivity contribution in [3.8, 4) is 0 Å².